The Kier molecular flexibility index (Phi) is 3.48. The molecule has 0 aliphatic rings. The molecule has 3 aromatic rings. The Balaban J connectivity index is 1.97. The van der Waals surface area contributed by atoms with Crippen molar-refractivity contribution < 1.29 is 0 Å². The Morgan fingerprint density at radius 1 is 1.32 bits per heavy atom. The van der Waals surface area contributed by atoms with E-state index in [0.717, 1.165) is 26.8 Å². The van der Waals surface area contributed by atoms with Gasteiger partial charge >= 0.3 is 0 Å². The number of thiazole rings is 1. The van der Waals surface area contributed by atoms with Gasteiger partial charge in [0.25, 0.3) is 0 Å². The molecule has 0 fully saturated rings. The maximum atomic E-state index is 4.49. The summed E-state index contributed by atoms with van der Waals surface area (Å²) < 4.78 is 0.990. The molecule has 1 atom stereocenters. The van der Waals surface area contributed by atoms with Gasteiger partial charge in [-0.15, -0.1) is 11.3 Å². The molecule has 1 N–H and O–H groups in total. The molecule has 3 nitrogen and oxygen atoms in total. The van der Waals surface area contributed by atoms with Gasteiger partial charge in [0.1, 0.15) is 0 Å². The first-order chi connectivity index (χ1) is 9.24. The predicted octanol–water partition coefficient (Wildman–Crippen LogP) is 4.63. The average Bonchev–Trinajstić information content (AvgIpc) is 2.92. The summed E-state index contributed by atoms with van der Waals surface area (Å²) >= 11 is 5.06. The van der Waals surface area contributed by atoms with Crippen LogP contribution in [-0.2, 0) is 0 Å². The minimum atomic E-state index is 0.169. The minimum absolute atomic E-state index is 0.169. The summed E-state index contributed by atoms with van der Waals surface area (Å²) in [4.78, 5) is 8.82. The van der Waals surface area contributed by atoms with Gasteiger partial charge in [0.15, 0.2) is 0 Å². The Bertz CT molecular complexity index is 697. The molecule has 0 aliphatic heterocycles. The standard InChI is InChI=1S/C14H12BrN3S/c1-9(13-7-19-8-17-13)18-12-4-2-3-10-5-11(15)6-16-14(10)12/h2-9,18H,1H3. The molecule has 0 bridgehead atoms. The molecular formula is C14H12BrN3S. The first kappa shape index (κ1) is 12.6. The number of fused-ring (bicyclic) bond motifs is 1. The highest BCUT2D eigenvalue weighted by Crippen LogP contribution is 2.27. The van der Waals surface area contributed by atoms with E-state index >= 15 is 0 Å². The van der Waals surface area contributed by atoms with Crippen molar-refractivity contribution in [1.29, 1.82) is 0 Å². The maximum Gasteiger partial charge on any atom is 0.0934 e. The van der Waals surface area contributed by atoms with Crippen molar-refractivity contribution >= 4 is 43.9 Å². The molecule has 0 saturated carbocycles. The summed E-state index contributed by atoms with van der Waals surface area (Å²) in [6.45, 7) is 2.10. The fraction of sp³-hybridized carbons (Fsp3) is 0.143. The maximum absolute atomic E-state index is 4.49. The highest BCUT2D eigenvalue weighted by molar-refractivity contribution is 9.10. The third-order valence-corrected chi connectivity index (χ3v) is 3.98. The third-order valence-electron chi connectivity index (χ3n) is 2.94. The number of nitrogens with one attached hydrogen (secondary N) is 1. The largest absolute Gasteiger partial charge is 0.375 e. The summed E-state index contributed by atoms with van der Waals surface area (Å²) in [6.07, 6.45) is 1.82. The minimum Gasteiger partial charge on any atom is -0.375 e. The highest BCUT2D eigenvalue weighted by Gasteiger charge is 2.09. The second-order valence-corrected chi connectivity index (χ2v) is 5.94. The SMILES string of the molecule is CC(Nc1cccc2cc(Br)cnc12)c1cscn1. The molecule has 0 spiro atoms. The molecule has 2 aromatic heterocycles. The van der Waals surface area contributed by atoms with E-state index < -0.39 is 0 Å². The normalized spacial score (nSPS) is 12.5. The summed E-state index contributed by atoms with van der Waals surface area (Å²) in [5.74, 6) is 0. The van der Waals surface area contributed by atoms with Crippen LogP contribution in [0, 0.1) is 0 Å². The molecular weight excluding hydrogens is 322 g/mol. The van der Waals surface area contributed by atoms with Crippen LogP contribution in [-0.4, -0.2) is 9.97 Å². The van der Waals surface area contributed by atoms with Crippen LogP contribution >= 0.6 is 27.3 Å². The molecule has 1 aromatic carbocycles. The van der Waals surface area contributed by atoms with E-state index in [0.29, 0.717) is 0 Å². The molecule has 96 valence electrons. The van der Waals surface area contributed by atoms with E-state index in [4.69, 9.17) is 0 Å². The number of anilines is 1. The lowest BCUT2D eigenvalue weighted by Gasteiger charge is -2.14. The lowest BCUT2D eigenvalue weighted by Crippen LogP contribution is -2.07. The molecule has 1 unspecified atom stereocenters. The van der Waals surface area contributed by atoms with Gasteiger partial charge in [-0.2, -0.15) is 0 Å². The second kappa shape index (κ2) is 5.27. The quantitative estimate of drug-likeness (QED) is 0.759. The smallest absolute Gasteiger partial charge is 0.0934 e. The Hall–Kier alpha value is -1.46. The van der Waals surface area contributed by atoms with E-state index in [2.05, 4.69) is 55.7 Å². The third kappa shape index (κ3) is 2.62. The number of pyridine rings is 1. The predicted molar refractivity (Wildman–Crippen MR) is 83.6 cm³/mol. The fourth-order valence-electron chi connectivity index (χ4n) is 1.99. The number of hydrogen-bond donors (Lipinski definition) is 1. The molecule has 0 amide bonds. The first-order valence-corrected chi connectivity index (χ1v) is 7.66. The first-order valence-electron chi connectivity index (χ1n) is 5.93. The topological polar surface area (TPSA) is 37.8 Å². The van der Waals surface area contributed by atoms with Crippen molar-refractivity contribution in [2.24, 2.45) is 0 Å². The molecule has 0 aliphatic carbocycles. The number of aromatic nitrogens is 2. The van der Waals surface area contributed by atoms with Crippen molar-refractivity contribution in [2.45, 2.75) is 13.0 Å². The number of benzene rings is 1. The van der Waals surface area contributed by atoms with Gasteiger partial charge in [0, 0.05) is 21.4 Å². The van der Waals surface area contributed by atoms with Crippen LogP contribution in [0.2, 0.25) is 0 Å². The lowest BCUT2D eigenvalue weighted by atomic mass is 10.1. The monoisotopic (exact) mass is 333 g/mol. The lowest BCUT2D eigenvalue weighted by molar-refractivity contribution is 0.851. The van der Waals surface area contributed by atoms with Crippen molar-refractivity contribution in [3.8, 4) is 0 Å². The average molecular weight is 334 g/mol. The summed E-state index contributed by atoms with van der Waals surface area (Å²) in [5, 5.41) is 6.65. The van der Waals surface area contributed by atoms with Gasteiger partial charge in [-0.05, 0) is 35.0 Å². The van der Waals surface area contributed by atoms with Gasteiger partial charge in [0.2, 0.25) is 0 Å². The number of hydrogen-bond acceptors (Lipinski definition) is 4. The zero-order valence-corrected chi connectivity index (χ0v) is 12.7. The number of halogens is 1. The van der Waals surface area contributed by atoms with Gasteiger partial charge in [0.05, 0.1) is 28.5 Å². The van der Waals surface area contributed by atoms with Crippen LogP contribution in [0.5, 0.6) is 0 Å². The van der Waals surface area contributed by atoms with E-state index in [-0.39, 0.29) is 6.04 Å². The highest BCUT2D eigenvalue weighted by atomic mass is 79.9. The molecule has 19 heavy (non-hydrogen) atoms. The van der Waals surface area contributed by atoms with Gasteiger partial charge < -0.3 is 5.32 Å². The zero-order valence-electron chi connectivity index (χ0n) is 10.3. The molecule has 2 heterocycles. The van der Waals surface area contributed by atoms with Crippen LogP contribution < -0.4 is 5.32 Å². The van der Waals surface area contributed by atoms with E-state index in [1.165, 1.54) is 0 Å². The Morgan fingerprint density at radius 2 is 2.21 bits per heavy atom. The van der Waals surface area contributed by atoms with Crippen LogP contribution in [0.1, 0.15) is 18.7 Å². The molecule has 5 heteroatoms. The van der Waals surface area contributed by atoms with Crippen LogP contribution in [0.15, 0.2) is 45.8 Å². The second-order valence-electron chi connectivity index (χ2n) is 4.31. The van der Waals surface area contributed by atoms with Gasteiger partial charge in [-0.1, -0.05) is 12.1 Å². The van der Waals surface area contributed by atoms with Crippen molar-refractivity contribution in [1.82, 2.24) is 9.97 Å². The Labute approximate surface area is 123 Å². The Morgan fingerprint density at radius 3 is 3.00 bits per heavy atom. The van der Waals surface area contributed by atoms with Crippen LogP contribution in [0.4, 0.5) is 5.69 Å². The number of para-hydroxylation sites is 1. The van der Waals surface area contributed by atoms with E-state index in [1.54, 1.807) is 11.3 Å². The summed E-state index contributed by atoms with van der Waals surface area (Å²) in [7, 11) is 0. The number of rotatable bonds is 3. The van der Waals surface area contributed by atoms with Crippen molar-refractivity contribution in [3.05, 3.63) is 51.5 Å². The van der Waals surface area contributed by atoms with Crippen molar-refractivity contribution in [3.63, 3.8) is 0 Å². The van der Waals surface area contributed by atoms with Crippen LogP contribution in [0.3, 0.4) is 0 Å². The van der Waals surface area contributed by atoms with E-state index in [1.807, 2.05) is 23.8 Å². The fourth-order valence-corrected chi connectivity index (χ4v) is 2.99. The molecule has 0 radical (unpaired) electrons. The van der Waals surface area contributed by atoms with Gasteiger partial charge in [-0.25, -0.2) is 4.98 Å². The summed E-state index contributed by atoms with van der Waals surface area (Å²) in [5.41, 5.74) is 4.92. The van der Waals surface area contributed by atoms with E-state index in [9.17, 15) is 0 Å². The van der Waals surface area contributed by atoms with Crippen molar-refractivity contribution in [2.75, 3.05) is 5.32 Å². The number of nitrogens with zero attached hydrogens (tertiary/aromatic N) is 2. The van der Waals surface area contributed by atoms with Gasteiger partial charge in [-0.3, -0.25) is 4.98 Å². The molecule has 0 saturated heterocycles. The zero-order chi connectivity index (χ0) is 13.2. The molecule has 3 rings (SSSR count). The van der Waals surface area contributed by atoms with Crippen LogP contribution in [0.25, 0.3) is 10.9 Å². The summed E-state index contributed by atoms with van der Waals surface area (Å²) in [6, 6.07) is 8.38.